The number of carbonyl (C=O) groups excluding carboxylic acids is 2. The second-order valence-electron chi connectivity index (χ2n) is 9.75. The lowest BCUT2D eigenvalue weighted by Crippen LogP contribution is -2.44. The van der Waals surface area contributed by atoms with Gasteiger partial charge in [-0.1, -0.05) is 26.8 Å². The highest BCUT2D eigenvalue weighted by molar-refractivity contribution is 6.12. The van der Waals surface area contributed by atoms with E-state index in [9.17, 15) is 9.59 Å². The van der Waals surface area contributed by atoms with E-state index in [1.165, 1.54) is 0 Å². The van der Waals surface area contributed by atoms with Crippen LogP contribution in [0.1, 0.15) is 72.3 Å². The van der Waals surface area contributed by atoms with Gasteiger partial charge < -0.3 is 14.2 Å². The van der Waals surface area contributed by atoms with Gasteiger partial charge in [-0.25, -0.2) is 4.79 Å². The highest BCUT2D eigenvalue weighted by Gasteiger charge is 2.48. The first kappa shape index (κ1) is 24.0. The summed E-state index contributed by atoms with van der Waals surface area (Å²) in [6.45, 7) is 12.3. The summed E-state index contributed by atoms with van der Waals surface area (Å²) < 4.78 is 17.0. The maximum absolute atomic E-state index is 13.4. The smallest absolute Gasteiger partial charge is 0.336 e. The van der Waals surface area contributed by atoms with Gasteiger partial charge in [0.05, 0.1) is 31.3 Å². The van der Waals surface area contributed by atoms with Gasteiger partial charge in [0.25, 0.3) is 0 Å². The summed E-state index contributed by atoms with van der Waals surface area (Å²) >= 11 is 0. The molecule has 1 aromatic carbocycles. The molecular formula is C26H35NO5. The van der Waals surface area contributed by atoms with Gasteiger partial charge in [-0.2, -0.15) is 0 Å². The number of ether oxygens (including phenoxy) is 3. The zero-order valence-corrected chi connectivity index (χ0v) is 20.3. The molecule has 6 nitrogen and oxygen atoms in total. The molecule has 0 amide bonds. The Bertz CT molecular complexity index is 957. The number of fused-ring (bicyclic) bond motifs is 1. The summed E-state index contributed by atoms with van der Waals surface area (Å²) in [4.78, 5) is 31.3. The van der Waals surface area contributed by atoms with Crippen molar-refractivity contribution in [3.8, 4) is 11.5 Å². The normalized spacial score (nSPS) is 22.4. The zero-order valence-electron chi connectivity index (χ0n) is 20.3. The second-order valence-corrected chi connectivity index (χ2v) is 9.75. The number of methoxy groups -OCH3 is 1. The summed E-state index contributed by atoms with van der Waals surface area (Å²) in [5, 5.41) is 0. The zero-order chi connectivity index (χ0) is 23.6. The lowest BCUT2D eigenvalue weighted by molar-refractivity contribution is -0.143. The number of allylic oxidation sites excluding steroid dienone is 1. The first-order valence-electron chi connectivity index (χ1n) is 11.4. The van der Waals surface area contributed by atoms with E-state index in [1.807, 2.05) is 45.9 Å². The van der Waals surface area contributed by atoms with Crippen molar-refractivity contribution in [2.24, 2.45) is 16.3 Å². The number of Topliss-reactive ketones (excluding diaryl/α,β-unsaturated/α-hetero) is 1. The van der Waals surface area contributed by atoms with E-state index in [4.69, 9.17) is 19.2 Å². The van der Waals surface area contributed by atoms with Crippen molar-refractivity contribution in [3.63, 3.8) is 0 Å². The van der Waals surface area contributed by atoms with E-state index in [-0.39, 0.29) is 17.3 Å². The molecule has 1 fully saturated rings. The minimum atomic E-state index is -0.478. The van der Waals surface area contributed by atoms with Gasteiger partial charge in [0.2, 0.25) is 0 Å². The number of ketones is 1. The molecule has 0 N–H and O–H groups in total. The lowest BCUT2D eigenvalue weighted by atomic mass is 9.63. The van der Waals surface area contributed by atoms with Crippen molar-refractivity contribution in [2.75, 3.05) is 13.7 Å². The Kier molecular flexibility index (Phi) is 7.11. The fourth-order valence-electron chi connectivity index (χ4n) is 4.71. The third-order valence-electron chi connectivity index (χ3n) is 5.93. The molecular weight excluding hydrogens is 406 g/mol. The number of esters is 1. The molecule has 6 heteroatoms. The van der Waals surface area contributed by atoms with E-state index in [0.29, 0.717) is 35.8 Å². The average molecular weight is 442 g/mol. The van der Waals surface area contributed by atoms with Crippen LogP contribution in [-0.2, 0) is 14.3 Å². The summed E-state index contributed by atoms with van der Waals surface area (Å²) in [5.74, 6) is -0.0328. The van der Waals surface area contributed by atoms with Crippen LogP contribution >= 0.6 is 0 Å². The van der Waals surface area contributed by atoms with Crippen LogP contribution in [0.4, 0.5) is 0 Å². The number of hydrogen-bond acceptors (Lipinski definition) is 6. The van der Waals surface area contributed by atoms with Gasteiger partial charge in [0.1, 0.15) is 5.78 Å². The Labute approximate surface area is 191 Å². The second kappa shape index (κ2) is 9.47. The molecule has 1 saturated carbocycles. The quantitative estimate of drug-likeness (QED) is 0.540. The predicted molar refractivity (Wildman–Crippen MR) is 124 cm³/mol. The topological polar surface area (TPSA) is 74.2 Å². The molecule has 1 aromatic rings. The van der Waals surface area contributed by atoms with Crippen LogP contribution in [0.3, 0.4) is 0 Å². The van der Waals surface area contributed by atoms with Crippen molar-refractivity contribution >= 4 is 17.5 Å². The van der Waals surface area contributed by atoms with E-state index < -0.39 is 17.8 Å². The van der Waals surface area contributed by atoms with Gasteiger partial charge in [-0.3, -0.25) is 9.79 Å². The SMILES string of the molecule is CCCOc1ccc([C@@H]2C(C(=O)OC(C)C)=C(C)N=C3CC(C)(C)CC(=O)C32)cc1OC. The van der Waals surface area contributed by atoms with Gasteiger partial charge in [-0.15, -0.1) is 0 Å². The Morgan fingerprint density at radius 1 is 1.19 bits per heavy atom. The summed E-state index contributed by atoms with van der Waals surface area (Å²) in [6.07, 6.45) is 1.79. The third-order valence-corrected chi connectivity index (χ3v) is 5.93. The van der Waals surface area contributed by atoms with Crippen LogP contribution in [-0.4, -0.2) is 37.3 Å². The van der Waals surface area contributed by atoms with Gasteiger partial charge in [0, 0.05) is 23.7 Å². The fraction of sp³-hybridized carbons (Fsp3) is 0.577. The summed E-state index contributed by atoms with van der Waals surface area (Å²) in [6, 6.07) is 5.65. The van der Waals surface area contributed by atoms with Crippen LogP contribution in [0.25, 0.3) is 0 Å². The Morgan fingerprint density at radius 3 is 2.53 bits per heavy atom. The van der Waals surface area contributed by atoms with Gasteiger partial charge in [0.15, 0.2) is 11.5 Å². The van der Waals surface area contributed by atoms with E-state index in [2.05, 4.69) is 13.8 Å². The van der Waals surface area contributed by atoms with E-state index in [1.54, 1.807) is 7.11 Å². The van der Waals surface area contributed by atoms with Crippen LogP contribution in [0, 0.1) is 11.3 Å². The Balaban J connectivity index is 2.14. The van der Waals surface area contributed by atoms with Crippen LogP contribution in [0.5, 0.6) is 11.5 Å². The molecule has 174 valence electrons. The summed E-state index contributed by atoms with van der Waals surface area (Å²) in [7, 11) is 1.59. The van der Waals surface area contributed by atoms with E-state index in [0.717, 1.165) is 24.1 Å². The molecule has 2 atom stereocenters. The molecule has 2 aliphatic rings. The molecule has 1 unspecified atom stereocenters. The van der Waals surface area contributed by atoms with Crippen molar-refractivity contribution in [1.82, 2.24) is 0 Å². The van der Waals surface area contributed by atoms with Crippen LogP contribution in [0.2, 0.25) is 0 Å². The Hall–Kier alpha value is -2.63. The molecule has 1 aliphatic carbocycles. The largest absolute Gasteiger partial charge is 0.493 e. The first-order chi connectivity index (χ1) is 15.1. The maximum Gasteiger partial charge on any atom is 0.336 e. The molecule has 32 heavy (non-hydrogen) atoms. The van der Waals surface area contributed by atoms with Crippen molar-refractivity contribution in [1.29, 1.82) is 0 Å². The first-order valence-corrected chi connectivity index (χ1v) is 11.4. The Morgan fingerprint density at radius 2 is 1.91 bits per heavy atom. The summed E-state index contributed by atoms with van der Waals surface area (Å²) in [5.41, 5.74) is 2.58. The predicted octanol–water partition coefficient (Wildman–Crippen LogP) is 5.25. The number of aliphatic imine (C=N–C) groups is 1. The number of hydrogen-bond donors (Lipinski definition) is 0. The van der Waals surface area contributed by atoms with Crippen molar-refractivity contribution < 1.29 is 23.8 Å². The monoisotopic (exact) mass is 441 g/mol. The lowest BCUT2D eigenvalue weighted by Gasteiger charge is -2.41. The third kappa shape index (κ3) is 4.89. The van der Waals surface area contributed by atoms with Gasteiger partial charge in [-0.05, 0) is 56.7 Å². The van der Waals surface area contributed by atoms with Crippen LogP contribution in [0.15, 0.2) is 34.5 Å². The average Bonchev–Trinajstić information content (AvgIpc) is 2.69. The molecule has 0 spiro atoms. The molecule has 0 aromatic heterocycles. The van der Waals surface area contributed by atoms with Gasteiger partial charge >= 0.3 is 5.97 Å². The van der Waals surface area contributed by atoms with E-state index >= 15 is 0 Å². The maximum atomic E-state index is 13.4. The number of benzene rings is 1. The molecule has 0 saturated heterocycles. The number of rotatable bonds is 7. The molecule has 0 bridgehead atoms. The number of carbonyl (C=O) groups is 2. The van der Waals surface area contributed by atoms with Crippen LogP contribution < -0.4 is 9.47 Å². The fourth-order valence-corrected chi connectivity index (χ4v) is 4.71. The minimum absolute atomic E-state index is 0.109. The number of nitrogens with zero attached hydrogens (tertiary/aromatic N) is 1. The molecule has 3 rings (SSSR count). The molecule has 1 heterocycles. The standard InChI is InChI=1S/C26H35NO5/c1-8-11-31-20-10-9-17(12-21(20)30-7)23-22(25(29)32-15(2)3)16(4)27-18-13-26(5,6)14-19(28)24(18)23/h9-10,12,15,23-24H,8,11,13-14H2,1-7H3/t23-,24?/m1/s1. The highest BCUT2D eigenvalue weighted by atomic mass is 16.5. The molecule has 1 aliphatic heterocycles. The van der Waals surface area contributed by atoms with Crippen molar-refractivity contribution in [3.05, 3.63) is 35.0 Å². The molecule has 0 radical (unpaired) electrons. The highest BCUT2D eigenvalue weighted by Crippen LogP contribution is 2.48. The van der Waals surface area contributed by atoms with Crippen molar-refractivity contribution in [2.45, 2.75) is 72.8 Å². The minimum Gasteiger partial charge on any atom is -0.493 e.